The summed E-state index contributed by atoms with van der Waals surface area (Å²) in [6.07, 6.45) is 8.40. The SMILES string of the molecule is C/C=C(\C=C/CC(C)(F)F)COc1ccc(NCc2ccc(N3CC(C)CCC3CC)cc2)nn1. The minimum Gasteiger partial charge on any atom is -0.472 e. The van der Waals surface area contributed by atoms with Crippen LogP contribution in [-0.4, -0.2) is 35.3 Å². The fourth-order valence-electron chi connectivity index (χ4n) is 4.24. The van der Waals surface area contributed by atoms with Crippen molar-refractivity contribution >= 4 is 11.5 Å². The first-order valence-corrected chi connectivity index (χ1v) is 12.5. The van der Waals surface area contributed by atoms with E-state index in [1.807, 2.05) is 19.1 Å². The molecular formula is C28H38F2N4O. The van der Waals surface area contributed by atoms with Crippen molar-refractivity contribution in [2.45, 2.75) is 71.9 Å². The Hall–Kier alpha value is -2.96. The second-order valence-electron chi connectivity index (χ2n) is 9.50. The van der Waals surface area contributed by atoms with E-state index in [0.717, 1.165) is 25.0 Å². The molecule has 0 amide bonds. The number of nitrogens with one attached hydrogen (secondary N) is 1. The van der Waals surface area contributed by atoms with Crippen molar-refractivity contribution in [3.63, 3.8) is 0 Å². The monoisotopic (exact) mass is 484 g/mol. The van der Waals surface area contributed by atoms with Gasteiger partial charge in [0.25, 0.3) is 0 Å². The zero-order chi connectivity index (χ0) is 25.3. The van der Waals surface area contributed by atoms with E-state index in [9.17, 15) is 8.78 Å². The number of rotatable bonds is 11. The number of hydrogen-bond donors (Lipinski definition) is 1. The highest BCUT2D eigenvalue weighted by Gasteiger charge is 2.25. The zero-order valence-corrected chi connectivity index (χ0v) is 21.3. The first-order chi connectivity index (χ1) is 16.8. The predicted octanol–water partition coefficient (Wildman–Crippen LogP) is 7.03. The van der Waals surface area contributed by atoms with E-state index in [1.54, 1.807) is 12.1 Å². The van der Waals surface area contributed by atoms with Gasteiger partial charge in [0.2, 0.25) is 11.8 Å². The number of alkyl halides is 2. The summed E-state index contributed by atoms with van der Waals surface area (Å²) in [6.45, 7) is 9.37. The zero-order valence-electron chi connectivity index (χ0n) is 21.3. The number of anilines is 2. The first kappa shape index (κ1) is 26.6. The van der Waals surface area contributed by atoms with E-state index in [1.165, 1.54) is 36.6 Å². The summed E-state index contributed by atoms with van der Waals surface area (Å²) in [5, 5.41) is 11.6. The van der Waals surface area contributed by atoms with Crippen LogP contribution in [0.15, 0.2) is 60.2 Å². The second kappa shape index (κ2) is 12.7. The third kappa shape index (κ3) is 8.64. The lowest BCUT2D eigenvalue weighted by Gasteiger charge is -2.40. The molecular weight excluding hydrogens is 446 g/mol. The molecule has 2 atom stereocenters. The van der Waals surface area contributed by atoms with Crippen molar-refractivity contribution in [3.8, 4) is 5.88 Å². The summed E-state index contributed by atoms with van der Waals surface area (Å²) >= 11 is 0. The van der Waals surface area contributed by atoms with Gasteiger partial charge in [-0.15, -0.1) is 10.2 Å². The molecule has 2 heterocycles. The normalized spacial score (nSPS) is 19.3. The fourth-order valence-corrected chi connectivity index (χ4v) is 4.24. The van der Waals surface area contributed by atoms with Gasteiger partial charge in [0, 0.05) is 37.3 Å². The molecule has 190 valence electrons. The van der Waals surface area contributed by atoms with Crippen molar-refractivity contribution < 1.29 is 13.5 Å². The van der Waals surface area contributed by atoms with Gasteiger partial charge in [0.1, 0.15) is 12.4 Å². The number of allylic oxidation sites excluding steroid dienone is 2. The Balaban J connectivity index is 1.48. The van der Waals surface area contributed by atoms with Crippen LogP contribution in [0.2, 0.25) is 0 Å². The van der Waals surface area contributed by atoms with E-state index >= 15 is 0 Å². The van der Waals surface area contributed by atoms with Gasteiger partial charge in [-0.3, -0.25) is 0 Å². The van der Waals surface area contributed by atoms with Crippen molar-refractivity contribution in [1.82, 2.24) is 10.2 Å². The number of nitrogens with zero attached hydrogens (tertiary/aromatic N) is 3. The predicted molar refractivity (Wildman–Crippen MR) is 139 cm³/mol. The molecule has 7 heteroatoms. The first-order valence-electron chi connectivity index (χ1n) is 12.5. The maximum absolute atomic E-state index is 12.9. The average Bonchev–Trinajstić information content (AvgIpc) is 2.85. The summed E-state index contributed by atoms with van der Waals surface area (Å²) in [4.78, 5) is 2.56. The molecule has 0 spiro atoms. The van der Waals surface area contributed by atoms with Crippen molar-refractivity contribution in [1.29, 1.82) is 0 Å². The molecule has 0 saturated carbocycles. The van der Waals surface area contributed by atoms with E-state index < -0.39 is 5.92 Å². The van der Waals surface area contributed by atoms with Crippen LogP contribution in [0.5, 0.6) is 5.88 Å². The van der Waals surface area contributed by atoms with Gasteiger partial charge in [-0.05, 0) is 68.4 Å². The smallest absolute Gasteiger partial charge is 0.248 e. The Morgan fingerprint density at radius 2 is 1.94 bits per heavy atom. The van der Waals surface area contributed by atoms with E-state index in [-0.39, 0.29) is 13.0 Å². The summed E-state index contributed by atoms with van der Waals surface area (Å²) in [7, 11) is 0. The van der Waals surface area contributed by atoms with Gasteiger partial charge in [-0.2, -0.15) is 0 Å². The molecule has 1 aliphatic rings. The van der Waals surface area contributed by atoms with Crippen LogP contribution < -0.4 is 15.0 Å². The molecule has 0 bridgehead atoms. The lowest BCUT2D eigenvalue weighted by molar-refractivity contribution is 0.0255. The molecule has 1 aromatic carbocycles. The van der Waals surface area contributed by atoms with Crippen LogP contribution in [0, 0.1) is 5.92 Å². The topological polar surface area (TPSA) is 50.3 Å². The van der Waals surface area contributed by atoms with E-state index in [4.69, 9.17) is 4.74 Å². The Morgan fingerprint density at radius 3 is 2.57 bits per heavy atom. The van der Waals surface area contributed by atoms with Crippen LogP contribution in [0.25, 0.3) is 0 Å². The number of halogens is 2. The van der Waals surface area contributed by atoms with Gasteiger partial charge in [0.05, 0.1) is 0 Å². The van der Waals surface area contributed by atoms with E-state index in [0.29, 0.717) is 24.3 Å². The molecule has 1 fully saturated rings. The van der Waals surface area contributed by atoms with Gasteiger partial charge in [-0.1, -0.05) is 44.2 Å². The van der Waals surface area contributed by atoms with Crippen LogP contribution in [-0.2, 0) is 6.54 Å². The Kier molecular flexibility index (Phi) is 9.64. The Labute approximate surface area is 208 Å². The van der Waals surface area contributed by atoms with Gasteiger partial charge in [-0.25, -0.2) is 8.78 Å². The molecule has 2 aromatic rings. The standard InChI is InChI=1S/C28H38F2N4O/c1-5-22(8-7-17-28(4,29)30)20-35-27-16-15-26(32-33-27)31-18-23-10-13-25(14-11-23)34-19-21(3)9-12-24(34)6-2/h5,7-8,10-11,13-16,21,24H,6,9,12,17-20H2,1-4H3,(H,31,32)/b8-7-,22-5+. The molecule has 35 heavy (non-hydrogen) atoms. The summed E-state index contributed by atoms with van der Waals surface area (Å²) in [5.41, 5.74) is 3.27. The molecule has 0 radical (unpaired) electrons. The van der Waals surface area contributed by atoms with Crippen LogP contribution in [0.3, 0.4) is 0 Å². The Morgan fingerprint density at radius 1 is 1.17 bits per heavy atom. The number of piperidine rings is 1. The number of ether oxygens (including phenoxy) is 1. The molecule has 1 N–H and O–H groups in total. The third-order valence-corrected chi connectivity index (χ3v) is 6.36. The van der Waals surface area contributed by atoms with Crippen LogP contribution >= 0.6 is 0 Å². The largest absolute Gasteiger partial charge is 0.472 e. The lowest BCUT2D eigenvalue weighted by Crippen LogP contribution is -2.42. The molecule has 2 unspecified atom stereocenters. The Bertz CT molecular complexity index is 968. The highest BCUT2D eigenvalue weighted by molar-refractivity contribution is 5.49. The molecule has 1 saturated heterocycles. The van der Waals surface area contributed by atoms with Gasteiger partial charge >= 0.3 is 0 Å². The van der Waals surface area contributed by atoms with Crippen molar-refractivity contribution in [2.24, 2.45) is 5.92 Å². The van der Waals surface area contributed by atoms with Crippen LogP contribution in [0.1, 0.15) is 58.9 Å². The molecule has 1 aliphatic heterocycles. The number of hydrogen-bond acceptors (Lipinski definition) is 5. The fraction of sp³-hybridized carbons (Fsp3) is 0.500. The quantitative estimate of drug-likeness (QED) is 0.347. The third-order valence-electron chi connectivity index (χ3n) is 6.36. The summed E-state index contributed by atoms with van der Waals surface area (Å²) in [5.74, 6) is -0.931. The van der Waals surface area contributed by atoms with Crippen molar-refractivity contribution in [2.75, 3.05) is 23.4 Å². The maximum atomic E-state index is 12.9. The highest BCUT2D eigenvalue weighted by atomic mass is 19.3. The second-order valence-corrected chi connectivity index (χ2v) is 9.50. The van der Waals surface area contributed by atoms with Crippen LogP contribution in [0.4, 0.5) is 20.3 Å². The molecule has 1 aromatic heterocycles. The van der Waals surface area contributed by atoms with Gasteiger partial charge in [0.15, 0.2) is 0 Å². The van der Waals surface area contributed by atoms with E-state index in [2.05, 4.69) is 58.5 Å². The average molecular weight is 485 g/mol. The number of aromatic nitrogens is 2. The summed E-state index contributed by atoms with van der Waals surface area (Å²) in [6, 6.07) is 13.0. The minimum absolute atomic E-state index is 0.241. The molecule has 0 aliphatic carbocycles. The number of benzene rings is 1. The van der Waals surface area contributed by atoms with Crippen molar-refractivity contribution in [3.05, 3.63) is 65.8 Å². The molecule has 3 rings (SSSR count). The minimum atomic E-state index is -2.71. The highest BCUT2D eigenvalue weighted by Crippen LogP contribution is 2.29. The maximum Gasteiger partial charge on any atom is 0.248 e. The van der Waals surface area contributed by atoms with Gasteiger partial charge < -0.3 is 15.0 Å². The summed E-state index contributed by atoms with van der Waals surface area (Å²) < 4.78 is 31.5. The molecule has 5 nitrogen and oxygen atoms in total. The lowest BCUT2D eigenvalue weighted by atomic mass is 9.92.